The first-order valence-electron chi connectivity index (χ1n) is 15.6. The molecule has 0 aliphatic carbocycles. The summed E-state index contributed by atoms with van der Waals surface area (Å²) in [6.45, 7) is 14.0. The second-order valence-corrected chi connectivity index (χ2v) is 12.2. The van der Waals surface area contributed by atoms with Crippen molar-refractivity contribution in [3.05, 3.63) is 47.1 Å². The molecule has 3 rings (SSSR count). The Morgan fingerprint density at radius 2 is 1.72 bits per heavy atom. The second kappa shape index (κ2) is 17.3. The van der Waals surface area contributed by atoms with E-state index >= 15 is 0 Å². The smallest absolute Gasteiger partial charge is 0.410 e. The number of likely N-dealkylation sites (N-methyl/N-ethyl adjacent to an activating group) is 1. The van der Waals surface area contributed by atoms with Crippen LogP contribution in [-0.2, 0) is 19.1 Å². The molecule has 0 aromatic heterocycles. The minimum atomic E-state index is -0.713. The van der Waals surface area contributed by atoms with Crippen LogP contribution in [0.1, 0.15) is 51.2 Å². The molecule has 43 heavy (non-hydrogen) atoms. The van der Waals surface area contributed by atoms with E-state index in [1.807, 2.05) is 40.0 Å². The Bertz CT molecular complexity index is 1110. The summed E-state index contributed by atoms with van der Waals surface area (Å²) in [6.07, 6.45) is 7.17. The number of ether oxygens (including phenoxy) is 2. The van der Waals surface area contributed by atoms with Gasteiger partial charge in [0.25, 0.3) is 0 Å². The maximum absolute atomic E-state index is 13.1. The number of anilines is 1. The Balaban J connectivity index is 1.74. The molecule has 1 aromatic carbocycles. The van der Waals surface area contributed by atoms with Gasteiger partial charge in [-0.25, -0.2) is 4.79 Å². The molecule has 1 aromatic rings. The van der Waals surface area contributed by atoms with E-state index in [0.717, 1.165) is 74.4 Å². The Morgan fingerprint density at radius 1 is 1.02 bits per heavy atom. The van der Waals surface area contributed by atoms with Crippen LogP contribution >= 0.6 is 0 Å². The van der Waals surface area contributed by atoms with Crippen molar-refractivity contribution in [2.75, 3.05) is 64.4 Å². The van der Waals surface area contributed by atoms with Crippen LogP contribution < -0.4 is 4.90 Å². The number of morpholine rings is 1. The van der Waals surface area contributed by atoms with E-state index in [0.29, 0.717) is 25.9 Å². The van der Waals surface area contributed by atoms with Crippen LogP contribution in [0.5, 0.6) is 0 Å². The highest BCUT2D eigenvalue weighted by Gasteiger charge is 2.26. The number of aliphatic hydroxyl groups excluding tert-OH is 1. The molecule has 9 heteroatoms. The lowest BCUT2D eigenvalue weighted by Crippen LogP contribution is -2.48. The lowest BCUT2D eigenvalue weighted by atomic mass is 9.86. The Morgan fingerprint density at radius 3 is 2.37 bits per heavy atom. The Hall–Kier alpha value is -3.01. The van der Waals surface area contributed by atoms with Crippen LogP contribution in [0.3, 0.4) is 0 Å². The summed E-state index contributed by atoms with van der Waals surface area (Å²) >= 11 is 0. The number of benzene rings is 1. The molecule has 238 valence electrons. The van der Waals surface area contributed by atoms with Crippen molar-refractivity contribution >= 4 is 30.4 Å². The summed E-state index contributed by atoms with van der Waals surface area (Å²) < 4.78 is 11.5. The minimum absolute atomic E-state index is 0.0848. The third-order valence-corrected chi connectivity index (χ3v) is 8.58. The van der Waals surface area contributed by atoms with Gasteiger partial charge in [0.1, 0.15) is 18.7 Å². The number of hydrogen-bond donors (Lipinski definition) is 1. The third kappa shape index (κ3) is 10.9. The van der Waals surface area contributed by atoms with E-state index in [9.17, 15) is 19.5 Å². The van der Waals surface area contributed by atoms with Gasteiger partial charge in [-0.1, -0.05) is 37.6 Å². The van der Waals surface area contributed by atoms with Crippen LogP contribution in [-0.4, -0.2) is 105 Å². The van der Waals surface area contributed by atoms with Crippen molar-refractivity contribution in [1.29, 1.82) is 0 Å². The van der Waals surface area contributed by atoms with Crippen molar-refractivity contribution in [2.45, 2.75) is 59.2 Å². The topological polar surface area (TPSA) is 99.6 Å². The first-order valence-corrected chi connectivity index (χ1v) is 15.6. The summed E-state index contributed by atoms with van der Waals surface area (Å²) in [5.74, 6) is -0.560. The standard InChI is InChI=1S/C34H51N3O6/c1-25-20-29(23-30(21-25)36-15-18-42-19-16-36)22-28(4)32(24-39)26(2)7-9-33(27(3)6-8-31(40)10-17-38)43-34(41)37-13-11-35(5)12-14-37/h7,9,17,20-24,26-27,31-33,40H,6,8,10-16,18-19H2,1-5H3/b9-7+,28-22+/t26-,27-,31+,32-,33-/m0/s1. The molecule has 5 atom stereocenters. The van der Waals surface area contributed by atoms with Crippen LogP contribution in [0.15, 0.2) is 35.9 Å². The molecule has 2 aliphatic heterocycles. The number of aliphatic hydroxyl groups is 1. The van der Waals surface area contributed by atoms with E-state index in [4.69, 9.17) is 9.47 Å². The van der Waals surface area contributed by atoms with Gasteiger partial charge in [-0.3, -0.25) is 0 Å². The van der Waals surface area contributed by atoms with Crippen LogP contribution in [0.2, 0.25) is 0 Å². The fraction of sp³-hybridized carbons (Fsp3) is 0.618. The normalized spacial score (nSPS) is 20.4. The fourth-order valence-corrected chi connectivity index (χ4v) is 5.66. The summed E-state index contributed by atoms with van der Waals surface area (Å²) in [5.41, 5.74) is 4.34. The molecule has 2 saturated heterocycles. The molecule has 0 radical (unpaired) electrons. The van der Waals surface area contributed by atoms with E-state index in [1.54, 1.807) is 4.90 Å². The summed E-state index contributed by atoms with van der Waals surface area (Å²) in [7, 11) is 2.03. The number of carbonyl (C=O) groups excluding carboxylic acids is 3. The summed E-state index contributed by atoms with van der Waals surface area (Å²) in [4.78, 5) is 42.4. The zero-order valence-corrected chi connectivity index (χ0v) is 26.6. The molecule has 9 nitrogen and oxygen atoms in total. The number of rotatable bonds is 14. The van der Waals surface area contributed by atoms with Gasteiger partial charge in [0.15, 0.2) is 0 Å². The van der Waals surface area contributed by atoms with Crippen LogP contribution in [0.4, 0.5) is 10.5 Å². The molecular weight excluding hydrogens is 546 g/mol. The molecule has 2 aliphatic rings. The number of amides is 1. The molecule has 1 amide bonds. The van der Waals surface area contributed by atoms with Crippen LogP contribution in [0, 0.1) is 24.7 Å². The molecular formula is C34H51N3O6. The van der Waals surface area contributed by atoms with Gasteiger partial charge in [0.2, 0.25) is 0 Å². The Labute approximate surface area is 257 Å². The molecule has 0 saturated carbocycles. The van der Waals surface area contributed by atoms with Crippen molar-refractivity contribution in [3.8, 4) is 0 Å². The molecule has 1 N–H and O–H groups in total. The highest BCUT2D eigenvalue weighted by Crippen LogP contribution is 2.27. The number of allylic oxidation sites excluding steroid dienone is 2. The van der Waals surface area contributed by atoms with Crippen molar-refractivity contribution in [1.82, 2.24) is 9.80 Å². The van der Waals surface area contributed by atoms with Gasteiger partial charge in [-0.2, -0.15) is 0 Å². The van der Waals surface area contributed by atoms with E-state index in [2.05, 4.69) is 41.0 Å². The predicted molar refractivity (Wildman–Crippen MR) is 170 cm³/mol. The lowest BCUT2D eigenvalue weighted by molar-refractivity contribution is -0.111. The van der Waals surface area contributed by atoms with Gasteiger partial charge in [0, 0.05) is 57.3 Å². The number of carbonyl (C=O) groups is 3. The molecule has 0 bridgehead atoms. The maximum Gasteiger partial charge on any atom is 0.410 e. The average molecular weight is 598 g/mol. The predicted octanol–water partition coefficient (Wildman–Crippen LogP) is 4.36. The van der Waals surface area contributed by atoms with Gasteiger partial charge in [0.05, 0.1) is 19.3 Å². The van der Waals surface area contributed by atoms with Crippen LogP contribution in [0.25, 0.3) is 6.08 Å². The highest BCUT2D eigenvalue weighted by molar-refractivity contribution is 5.69. The van der Waals surface area contributed by atoms with Gasteiger partial charge < -0.3 is 38.9 Å². The van der Waals surface area contributed by atoms with Gasteiger partial charge >= 0.3 is 6.09 Å². The fourth-order valence-electron chi connectivity index (χ4n) is 5.66. The van der Waals surface area contributed by atoms with E-state index in [1.165, 1.54) is 0 Å². The number of aryl methyl sites for hydroxylation is 1. The zero-order valence-electron chi connectivity index (χ0n) is 26.6. The summed E-state index contributed by atoms with van der Waals surface area (Å²) in [6, 6.07) is 6.48. The monoisotopic (exact) mass is 597 g/mol. The zero-order chi connectivity index (χ0) is 31.4. The third-order valence-electron chi connectivity index (χ3n) is 8.58. The van der Waals surface area contributed by atoms with Crippen molar-refractivity contribution < 1.29 is 29.0 Å². The largest absolute Gasteiger partial charge is 0.442 e. The quantitative estimate of drug-likeness (QED) is 0.250. The van der Waals surface area contributed by atoms with Crippen molar-refractivity contribution in [2.24, 2.45) is 17.8 Å². The first-order chi connectivity index (χ1) is 20.6. The maximum atomic E-state index is 13.1. The SMILES string of the molecule is C/C(=C\c1cc(C)cc(N2CCOCC2)c1)[C@@H](C=O)[C@@H](C)/C=C/[C@H](OC(=O)N1CCN(C)CC1)[C@@H](C)CC[C@@H](O)CC=O. The first kappa shape index (κ1) is 34.5. The number of hydrogen-bond acceptors (Lipinski definition) is 8. The van der Waals surface area contributed by atoms with Gasteiger partial charge in [-0.15, -0.1) is 0 Å². The second-order valence-electron chi connectivity index (χ2n) is 12.2. The summed E-state index contributed by atoms with van der Waals surface area (Å²) in [5, 5.41) is 10.1. The van der Waals surface area contributed by atoms with Crippen molar-refractivity contribution in [3.63, 3.8) is 0 Å². The molecule has 2 fully saturated rings. The minimum Gasteiger partial charge on any atom is -0.442 e. The number of nitrogens with zero attached hydrogens (tertiary/aromatic N) is 3. The Kier molecular flexibility index (Phi) is 13.9. The van der Waals surface area contributed by atoms with Gasteiger partial charge in [-0.05, 0) is 74.9 Å². The molecule has 0 spiro atoms. The molecule has 2 heterocycles. The highest BCUT2D eigenvalue weighted by atomic mass is 16.6. The van der Waals surface area contributed by atoms with E-state index < -0.39 is 12.2 Å². The number of aldehydes is 2. The molecule has 0 unspecified atom stereocenters. The number of piperazine rings is 1. The average Bonchev–Trinajstić information content (AvgIpc) is 2.99. The van der Waals surface area contributed by atoms with E-state index in [-0.39, 0.29) is 30.3 Å². The lowest BCUT2D eigenvalue weighted by Gasteiger charge is -2.33.